The predicted octanol–water partition coefficient (Wildman–Crippen LogP) is 2.84. The van der Waals surface area contributed by atoms with Crippen molar-refractivity contribution in [2.45, 2.75) is 13.8 Å². The highest BCUT2D eigenvalue weighted by Gasteiger charge is 2.29. The van der Waals surface area contributed by atoms with Crippen LogP contribution < -0.4 is 9.64 Å². The van der Waals surface area contributed by atoms with Crippen molar-refractivity contribution in [1.82, 2.24) is 9.78 Å². The van der Waals surface area contributed by atoms with E-state index in [1.807, 2.05) is 26.0 Å². The molecule has 110 valence electrons. The SMILES string of the molecule is Cc1cc(N2CCOc3cnn(C)c3C2=O)c(C)cc1Br. The molecule has 2 aromatic rings. The number of hydrogen-bond donors (Lipinski definition) is 0. The van der Waals surface area contributed by atoms with Crippen LogP contribution in [0.4, 0.5) is 5.69 Å². The molecule has 1 amide bonds. The van der Waals surface area contributed by atoms with Crippen molar-refractivity contribution in [3.05, 3.63) is 39.6 Å². The van der Waals surface area contributed by atoms with Crippen molar-refractivity contribution < 1.29 is 9.53 Å². The summed E-state index contributed by atoms with van der Waals surface area (Å²) >= 11 is 3.52. The fourth-order valence-electron chi connectivity index (χ4n) is 2.53. The van der Waals surface area contributed by atoms with Crippen LogP contribution in [-0.2, 0) is 7.05 Å². The first kappa shape index (κ1) is 14.1. The second-order valence-corrected chi connectivity index (χ2v) is 6.03. The van der Waals surface area contributed by atoms with Crippen LogP contribution in [0.15, 0.2) is 22.8 Å². The molecular formula is C15H16BrN3O2. The Morgan fingerprint density at radius 2 is 2.05 bits per heavy atom. The van der Waals surface area contributed by atoms with E-state index in [4.69, 9.17) is 4.74 Å². The highest BCUT2D eigenvalue weighted by atomic mass is 79.9. The van der Waals surface area contributed by atoms with Crippen LogP contribution in [-0.4, -0.2) is 28.8 Å². The lowest BCUT2D eigenvalue weighted by molar-refractivity contribution is 0.0980. The van der Waals surface area contributed by atoms with Crippen molar-refractivity contribution in [2.75, 3.05) is 18.1 Å². The average molecular weight is 350 g/mol. The molecule has 0 saturated heterocycles. The maximum Gasteiger partial charge on any atom is 0.280 e. The van der Waals surface area contributed by atoms with E-state index in [9.17, 15) is 4.79 Å². The summed E-state index contributed by atoms with van der Waals surface area (Å²) in [4.78, 5) is 14.6. The molecule has 0 N–H and O–H groups in total. The van der Waals surface area contributed by atoms with Crippen LogP contribution in [0.5, 0.6) is 5.75 Å². The van der Waals surface area contributed by atoms with Crippen LogP contribution in [0.1, 0.15) is 21.6 Å². The molecule has 0 aliphatic carbocycles. The van der Waals surface area contributed by atoms with Crippen molar-refractivity contribution in [3.63, 3.8) is 0 Å². The van der Waals surface area contributed by atoms with Crippen molar-refractivity contribution in [3.8, 4) is 5.75 Å². The highest BCUT2D eigenvalue weighted by molar-refractivity contribution is 9.10. The summed E-state index contributed by atoms with van der Waals surface area (Å²) in [6.07, 6.45) is 1.59. The molecule has 5 nitrogen and oxygen atoms in total. The molecule has 0 saturated carbocycles. The molecule has 1 aromatic heterocycles. The third-order valence-corrected chi connectivity index (χ3v) is 4.55. The molecule has 0 unspecified atom stereocenters. The van der Waals surface area contributed by atoms with Crippen LogP contribution in [0.2, 0.25) is 0 Å². The van der Waals surface area contributed by atoms with E-state index in [1.54, 1.807) is 22.8 Å². The van der Waals surface area contributed by atoms with Crippen LogP contribution in [0.25, 0.3) is 0 Å². The molecule has 1 aliphatic rings. The molecule has 0 atom stereocenters. The van der Waals surface area contributed by atoms with Gasteiger partial charge in [-0.15, -0.1) is 0 Å². The van der Waals surface area contributed by atoms with Gasteiger partial charge in [-0.2, -0.15) is 5.10 Å². The lowest BCUT2D eigenvalue weighted by Crippen LogP contribution is -2.34. The smallest absolute Gasteiger partial charge is 0.280 e. The van der Waals surface area contributed by atoms with E-state index in [1.165, 1.54) is 0 Å². The largest absolute Gasteiger partial charge is 0.488 e. The number of fused-ring (bicyclic) bond motifs is 1. The Morgan fingerprint density at radius 3 is 2.81 bits per heavy atom. The molecule has 2 heterocycles. The number of nitrogens with zero attached hydrogens (tertiary/aromatic N) is 3. The molecule has 6 heteroatoms. The van der Waals surface area contributed by atoms with E-state index in [0.29, 0.717) is 24.6 Å². The van der Waals surface area contributed by atoms with Gasteiger partial charge in [-0.1, -0.05) is 15.9 Å². The Labute approximate surface area is 131 Å². The molecule has 0 fully saturated rings. The Hall–Kier alpha value is -1.82. The quantitative estimate of drug-likeness (QED) is 0.795. The first-order valence-corrected chi connectivity index (χ1v) is 7.51. The highest BCUT2D eigenvalue weighted by Crippen LogP contribution is 2.31. The average Bonchev–Trinajstić information content (AvgIpc) is 2.71. The standard InChI is InChI=1S/C15H16BrN3O2/c1-9-7-12(10(2)6-11(9)16)19-4-5-21-13-8-17-18(3)14(13)15(19)20/h6-8H,4-5H2,1-3H3. The van der Waals surface area contributed by atoms with Crippen molar-refractivity contribution >= 4 is 27.5 Å². The van der Waals surface area contributed by atoms with Crippen molar-refractivity contribution in [1.29, 1.82) is 0 Å². The van der Waals surface area contributed by atoms with Gasteiger partial charge in [0.05, 0.1) is 12.7 Å². The summed E-state index contributed by atoms with van der Waals surface area (Å²) < 4.78 is 8.24. The second-order valence-electron chi connectivity index (χ2n) is 5.17. The minimum atomic E-state index is -0.0766. The number of benzene rings is 1. The van der Waals surface area contributed by atoms with Crippen LogP contribution in [0, 0.1) is 13.8 Å². The van der Waals surface area contributed by atoms with Gasteiger partial charge >= 0.3 is 0 Å². The fraction of sp³-hybridized carbons (Fsp3) is 0.333. The van der Waals surface area contributed by atoms with Crippen LogP contribution in [0.3, 0.4) is 0 Å². The molecule has 0 spiro atoms. The fourth-order valence-corrected chi connectivity index (χ4v) is 2.99. The monoisotopic (exact) mass is 349 g/mol. The second kappa shape index (κ2) is 5.18. The Bertz CT molecular complexity index is 724. The summed E-state index contributed by atoms with van der Waals surface area (Å²) in [6, 6.07) is 4.06. The van der Waals surface area contributed by atoms with Gasteiger partial charge in [0.2, 0.25) is 0 Å². The lowest BCUT2D eigenvalue weighted by Gasteiger charge is -2.23. The zero-order chi connectivity index (χ0) is 15.1. The van der Waals surface area contributed by atoms with Crippen LogP contribution >= 0.6 is 15.9 Å². The Kier molecular flexibility index (Phi) is 3.49. The maximum atomic E-state index is 12.8. The summed E-state index contributed by atoms with van der Waals surface area (Å²) in [6.45, 7) is 5.00. The van der Waals surface area contributed by atoms with E-state index in [-0.39, 0.29) is 5.91 Å². The number of carbonyl (C=O) groups excluding carboxylic acids is 1. The number of hydrogen-bond acceptors (Lipinski definition) is 3. The number of ether oxygens (including phenoxy) is 1. The summed E-state index contributed by atoms with van der Waals surface area (Å²) in [5.74, 6) is 0.476. The van der Waals surface area contributed by atoms with Gasteiger partial charge in [0.25, 0.3) is 5.91 Å². The van der Waals surface area contributed by atoms with Gasteiger partial charge in [0.1, 0.15) is 6.61 Å². The molecule has 1 aromatic carbocycles. The van der Waals surface area contributed by atoms with E-state index >= 15 is 0 Å². The van der Waals surface area contributed by atoms with Gasteiger partial charge in [-0.05, 0) is 37.1 Å². The van der Waals surface area contributed by atoms with E-state index < -0.39 is 0 Å². The zero-order valence-electron chi connectivity index (χ0n) is 12.2. The number of anilines is 1. The number of carbonyl (C=O) groups is 1. The first-order valence-electron chi connectivity index (χ1n) is 6.72. The van der Waals surface area contributed by atoms with Gasteiger partial charge in [-0.25, -0.2) is 0 Å². The number of halogens is 1. The topological polar surface area (TPSA) is 47.4 Å². The third-order valence-electron chi connectivity index (χ3n) is 3.69. The maximum absolute atomic E-state index is 12.8. The number of aromatic nitrogens is 2. The van der Waals surface area contributed by atoms with Crippen molar-refractivity contribution in [2.24, 2.45) is 7.05 Å². The molecule has 0 bridgehead atoms. The Morgan fingerprint density at radius 1 is 1.29 bits per heavy atom. The zero-order valence-corrected chi connectivity index (χ0v) is 13.8. The van der Waals surface area contributed by atoms with E-state index in [0.717, 1.165) is 21.3 Å². The molecule has 3 rings (SSSR count). The number of rotatable bonds is 1. The normalized spacial score (nSPS) is 14.7. The number of amides is 1. The minimum Gasteiger partial charge on any atom is -0.488 e. The van der Waals surface area contributed by atoms with Gasteiger partial charge < -0.3 is 9.64 Å². The Balaban J connectivity index is 2.09. The molecule has 21 heavy (non-hydrogen) atoms. The minimum absolute atomic E-state index is 0.0766. The van der Waals surface area contributed by atoms with Gasteiger partial charge in [0.15, 0.2) is 11.4 Å². The summed E-state index contributed by atoms with van der Waals surface area (Å²) in [7, 11) is 1.75. The lowest BCUT2D eigenvalue weighted by atomic mass is 10.1. The predicted molar refractivity (Wildman–Crippen MR) is 84.0 cm³/mol. The van der Waals surface area contributed by atoms with Gasteiger partial charge in [0, 0.05) is 17.2 Å². The third kappa shape index (κ3) is 2.33. The summed E-state index contributed by atoms with van der Waals surface area (Å²) in [5, 5.41) is 4.11. The molecular weight excluding hydrogens is 334 g/mol. The molecule has 0 radical (unpaired) electrons. The van der Waals surface area contributed by atoms with Gasteiger partial charge in [-0.3, -0.25) is 9.48 Å². The summed E-state index contributed by atoms with van der Waals surface area (Å²) in [5.41, 5.74) is 3.55. The van der Waals surface area contributed by atoms with E-state index in [2.05, 4.69) is 21.0 Å². The first-order chi connectivity index (χ1) is 9.99. The molecule has 1 aliphatic heterocycles. The number of aryl methyl sites for hydroxylation is 3.